The highest BCUT2D eigenvalue weighted by Crippen LogP contribution is 2.39. The van der Waals surface area contributed by atoms with E-state index in [-0.39, 0.29) is 11.4 Å². The smallest absolute Gasteiger partial charge is 0.475 e. The number of carboxylic acids is 2. The number of piperidine rings is 1. The van der Waals surface area contributed by atoms with Crippen molar-refractivity contribution in [3.05, 3.63) is 54.2 Å². The van der Waals surface area contributed by atoms with Crippen molar-refractivity contribution in [2.45, 2.75) is 50.1 Å². The van der Waals surface area contributed by atoms with Gasteiger partial charge in [-0.15, -0.1) is 0 Å². The molecule has 15 heteroatoms. The molecule has 0 radical (unpaired) electrons. The summed E-state index contributed by atoms with van der Waals surface area (Å²) in [4.78, 5) is 39.2. The molecule has 2 saturated heterocycles. The minimum atomic E-state index is -5.08. The fourth-order valence-corrected chi connectivity index (χ4v) is 4.18. The Morgan fingerprint density at radius 2 is 1.42 bits per heavy atom. The van der Waals surface area contributed by atoms with Crippen LogP contribution >= 0.6 is 0 Å². The van der Waals surface area contributed by atoms with Gasteiger partial charge in [0.2, 0.25) is 0 Å². The van der Waals surface area contributed by atoms with Gasteiger partial charge < -0.3 is 19.5 Å². The third-order valence-corrected chi connectivity index (χ3v) is 6.00. The van der Waals surface area contributed by atoms with E-state index in [4.69, 9.17) is 24.2 Å². The molecule has 2 aromatic rings. The first-order chi connectivity index (χ1) is 17.7. The van der Waals surface area contributed by atoms with Crippen LogP contribution in [-0.4, -0.2) is 80.4 Å². The molecule has 4 rings (SSSR count). The Hall–Kier alpha value is -3.62. The fourth-order valence-electron chi connectivity index (χ4n) is 4.18. The standard InChI is InChI=1S/C19H23N3O2.2C2HF3O2/c23-18(17-3-1-14-24-17)22-11-2-6-19(22)7-12-21(13-8-19)15-16-4-9-20-10-5-16;2*3-2(4,5)1(6)7/h1,3-5,9-10,14H,2,6-8,11-13,15H2;2*(H,6,7). The number of hydrogen-bond acceptors (Lipinski definition) is 6. The highest BCUT2D eigenvalue weighted by atomic mass is 19.4. The Morgan fingerprint density at radius 3 is 1.87 bits per heavy atom. The monoisotopic (exact) mass is 553 g/mol. The first-order valence-electron chi connectivity index (χ1n) is 11.2. The normalized spacial score (nSPS) is 17.2. The van der Waals surface area contributed by atoms with Gasteiger partial charge in [0.15, 0.2) is 5.76 Å². The molecule has 0 bridgehead atoms. The lowest BCUT2D eigenvalue weighted by Gasteiger charge is -2.44. The number of amides is 1. The number of hydrogen-bond donors (Lipinski definition) is 2. The molecule has 2 aliphatic heterocycles. The second-order valence-electron chi connectivity index (χ2n) is 8.50. The average molecular weight is 553 g/mol. The number of rotatable bonds is 3. The van der Waals surface area contributed by atoms with Crippen LogP contribution in [0, 0.1) is 0 Å². The van der Waals surface area contributed by atoms with Crippen molar-refractivity contribution in [1.29, 1.82) is 0 Å². The van der Waals surface area contributed by atoms with Crippen molar-refractivity contribution in [1.82, 2.24) is 14.8 Å². The van der Waals surface area contributed by atoms with Gasteiger partial charge in [0, 0.05) is 44.1 Å². The van der Waals surface area contributed by atoms with Crippen LogP contribution in [0.3, 0.4) is 0 Å². The third-order valence-electron chi connectivity index (χ3n) is 6.00. The Bertz CT molecular complexity index is 1030. The number of carboxylic acid groups (broad SMARTS) is 2. The molecule has 0 aromatic carbocycles. The van der Waals surface area contributed by atoms with Gasteiger partial charge in [-0.05, 0) is 55.5 Å². The topological polar surface area (TPSA) is 124 Å². The summed E-state index contributed by atoms with van der Waals surface area (Å²) in [5.41, 5.74) is 1.33. The molecule has 0 aliphatic carbocycles. The fraction of sp³-hybridized carbons (Fsp3) is 0.478. The molecule has 2 N–H and O–H groups in total. The van der Waals surface area contributed by atoms with Crippen LogP contribution < -0.4 is 0 Å². The number of aliphatic carboxylic acids is 2. The van der Waals surface area contributed by atoms with E-state index in [1.54, 1.807) is 18.4 Å². The number of pyridine rings is 1. The molecule has 1 amide bonds. The number of likely N-dealkylation sites (tertiary alicyclic amines) is 2. The van der Waals surface area contributed by atoms with Gasteiger partial charge in [0.1, 0.15) is 0 Å². The number of aromatic nitrogens is 1. The quantitative estimate of drug-likeness (QED) is 0.542. The predicted octanol–water partition coefficient (Wildman–Crippen LogP) is 4.21. The molecular weight excluding hydrogens is 528 g/mol. The second kappa shape index (κ2) is 12.8. The maximum absolute atomic E-state index is 12.8. The molecular formula is C23H25F6N3O6. The molecule has 2 fully saturated rings. The van der Waals surface area contributed by atoms with E-state index in [1.165, 1.54) is 5.56 Å². The molecule has 9 nitrogen and oxygen atoms in total. The average Bonchev–Trinajstić information content (AvgIpc) is 3.51. The van der Waals surface area contributed by atoms with Crippen LogP contribution in [-0.2, 0) is 16.1 Å². The summed E-state index contributed by atoms with van der Waals surface area (Å²) in [5, 5.41) is 14.2. The van der Waals surface area contributed by atoms with E-state index >= 15 is 0 Å². The Morgan fingerprint density at radius 1 is 0.895 bits per heavy atom. The summed E-state index contributed by atoms with van der Waals surface area (Å²) < 4.78 is 68.8. The van der Waals surface area contributed by atoms with Crippen molar-refractivity contribution >= 4 is 17.8 Å². The lowest BCUT2D eigenvalue weighted by molar-refractivity contribution is -0.193. The molecule has 0 unspecified atom stereocenters. The minimum Gasteiger partial charge on any atom is -0.475 e. The largest absolute Gasteiger partial charge is 0.490 e. The molecule has 0 atom stereocenters. The zero-order chi connectivity index (χ0) is 28.6. The van der Waals surface area contributed by atoms with Crippen LogP contribution in [0.2, 0.25) is 0 Å². The van der Waals surface area contributed by atoms with Crippen LogP contribution in [0.5, 0.6) is 0 Å². The van der Waals surface area contributed by atoms with Gasteiger partial charge >= 0.3 is 24.3 Å². The molecule has 38 heavy (non-hydrogen) atoms. The maximum atomic E-state index is 12.8. The number of carbonyl (C=O) groups is 3. The predicted molar refractivity (Wildman–Crippen MR) is 118 cm³/mol. The Kier molecular flexibility index (Phi) is 10.3. The van der Waals surface area contributed by atoms with Crippen molar-refractivity contribution in [3.63, 3.8) is 0 Å². The summed E-state index contributed by atoms with van der Waals surface area (Å²) in [6.45, 7) is 3.88. The summed E-state index contributed by atoms with van der Waals surface area (Å²) in [7, 11) is 0. The Labute approximate surface area is 212 Å². The van der Waals surface area contributed by atoms with Crippen LogP contribution in [0.4, 0.5) is 26.3 Å². The summed E-state index contributed by atoms with van der Waals surface area (Å²) in [5.74, 6) is -4.99. The zero-order valence-electron chi connectivity index (χ0n) is 19.8. The molecule has 210 valence electrons. The van der Waals surface area contributed by atoms with E-state index in [1.807, 2.05) is 12.4 Å². The summed E-state index contributed by atoms with van der Waals surface area (Å²) in [6, 6.07) is 7.71. The van der Waals surface area contributed by atoms with E-state index in [9.17, 15) is 31.1 Å². The van der Waals surface area contributed by atoms with E-state index in [0.29, 0.717) is 5.76 Å². The van der Waals surface area contributed by atoms with Gasteiger partial charge in [0.05, 0.1) is 6.26 Å². The van der Waals surface area contributed by atoms with Gasteiger partial charge in [-0.3, -0.25) is 14.7 Å². The van der Waals surface area contributed by atoms with Crippen molar-refractivity contribution in [2.75, 3.05) is 19.6 Å². The first-order valence-corrected chi connectivity index (χ1v) is 11.2. The SMILES string of the molecule is O=C(O)C(F)(F)F.O=C(O)C(F)(F)F.O=C(c1ccco1)N1CCCC12CCN(Cc1ccncc1)CC2. The second-order valence-corrected chi connectivity index (χ2v) is 8.50. The minimum absolute atomic E-state index is 0.0264. The van der Waals surface area contributed by atoms with E-state index in [0.717, 1.165) is 51.9 Å². The number of halogens is 6. The van der Waals surface area contributed by atoms with E-state index in [2.05, 4.69) is 26.9 Å². The summed E-state index contributed by atoms with van der Waals surface area (Å²) in [6.07, 6.45) is -0.593. The number of nitrogens with zero attached hydrogens (tertiary/aromatic N) is 3. The molecule has 0 saturated carbocycles. The Balaban J connectivity index is 0.000000301. The third kappa shape index (κ3) is 8.75. The number of carbonyl (C=O) groups excluding carboxylic acids is 1. The highest BCUT2D eigenvalue weighted by Gasteiger charge is 2.46. The van der Waals surface area contributed by atoms with Gasteiger partial charge in [0.25, 0.3) is 5.91 Å². The molecule has 2 aliphatic rings. The lowest BCUT2D eigenvalue weighted by Crippen LogP contribution is -2.53. The van der Waals surface area contributed by atoms with Crippen molar-refractivity contribution < 1.29 is 55.4 Å². The first kappa shape index (κ1) is 30.6. The van der Waals surface area contributed by atoms with Crippen LogP contribution in [0.25, 0.3) is 0 Å². The molecule has 2 aromatic heterocycles. The number of alkyl halides is 6. The van der Waals surface area contributed by atoms with Crippen molar-refractivity contribution in [2.24, 2.45) is 0 Å². The van der Waals surface area contributed by atoms with Gasteiger partial charge in [-0.2, -0.15) is 26.3 Å². The van der Waals surface area contributed by atoms with Gasteiger partial charge in [-0.1, -0.05) is 0 Å². The highest BCUT2D eigenvalue weighted by molar-refractivity contribution is 5.92. The zero-order valence-corrected chi connectivity index (χ0v) is 19.8. The van der Waals surface area contributed by atoms with Crippen LogP contribution in [0.1, 0.15) is 41.8 Å². The van der Waals surface area contributed by atoms with E-state index < -0.39 is 24.3 Å². The summed E-state index contributed by atoms with van der Waals surface area (Å²) >= 11 is 0. The maximum Gasteiger partial charge on any atom is 0.490 e. The number of furan rings is 1. The van der Waals surface area contributed by atoms with Crippen LogP contribution in [0.15, 0.2) is 47.3 Å². The lowest BCUT2D eigenvalue weighted by atomic mass is 9.84. The van der Waals surface area contributed by atoms with Gasteiger partial charge in [-0.25, -0.2) is 9.59 Å². The molecule has 4 heterocycles. The molecule has 1 spiro atoms. The van der Waals surface area contributed by atoms with Crippen molar-refractivity contribution in [3.8, 4) is 0 Å².